The van der Waals surface area contributed by atoms with Crippen LogP contribution >= 0.6 is 0 Å². The number of halogens is 1. The Bertz CT molecular complexity index is 905. The molecular weight excluding hydrogens is 395 g/mol. The fraction of sp³-hybridized carbons (Fsp3) is 0.440. The fourth-order valence-electron chi connectivity index (χ4n) is 4.79. The minimum absolute atomic E-state index is 0.0522. The number of benzene rings is 2. The van der Waals surface area contributed by atoms with Crippen LogP contribution in [0.4, 0.5) is 4.39 Å². The third-order valence-corrected chi connectivity index (χ3v) is 6.31. The van der Waals surface area contributed by atoms with Gasteiger partial charge >= 0.3 is 0 Å². The first-order valence-corrected chi connectivity index (χ1v) is 11.1. The van der Waals surface area contributed by atoms with Crippen LogP contribution in [0.1, 0.15) is 31.2 Å². The van der Waals surface area contributed by atoms with E-state index in [0.717, 1.165) is 31.6 Å². The van der Waals surface area contributed by atoms with Crippen molar-refractivity contribution >= 4 is 11.8 Å². The van der Waals surface area contributed by atoms with Gasteiger partial charge in [0, 0.05) is 25.7 Å². The molecule has 0 aromatic heterocycles. The van der Waals surface area contributed by atoms with Crippen molar-refractivity contribution in [2.75, 3.05) is 26.2 Å². The molecule has 0 spiro atoms. The highest BCUT2D eigenvalue weighted by atomic mass is 19.1. The summed E-state index contributed by atoms with van der Waals surface area (Å²) in [5, 5.41) is 0. The third kappa shape index (κ3) is 5.43. The summed E-state index contributed by atoms with van der Waals surface area (Å²) in [6, 6.07) is 15.9. The smallest absolute Gasteiger partial charge is 0.227 e. The second-order valence-corrected chi connectivity index (χ2v) is 8.40. The second kappa shape index (κ2) is 9.94. The molecule has 2 aromatic carbocycles. The van der Waals surface area contributed by atoms with E-state index in [9.17, 15) is 14.0 Å². The van der Waals surface area contributed by atoms with E-state index in [1.165, 1.54) is 12.1 Å². The number of piperidine rings is 2. The van der Waals surface area contributed by atoms with E-state index in [4.69, 9.17) is 4.74 Å². The standard InChI is InChI=1S/C25H29FN2O3/c26-21-8-4-6-19(16-21)17-25(30)28-13-5-7-20-18-27(14-11-23(20)28)24(29)12-15-31-22-9-2-1-3-10-22/h1-4,6,8-10,16,20,23H,5,7,11-15,17-18H2/t20-,23+/m1/s1. The van der Waals surface area contributed by atoms with Gasteiger partial charge in [-0.2, -0.15) is 0 Å². The van der Waals surface area contributed by atoms with Gasteiger partial charge in [0.25, 0.3) is 0 Å². The Balaban J connectivity index is 1.29. The molecule has 0 bridgehead atoms. The zero-order valence-electron chi connectivity index (χ0n) is 17.7. The minimum atomic E-state index is -0.315. The quantitative estimate of drug-likeness (QED) is 0.711. The number of likely N-dealkylation sites (tertiary alicyclic amines) is 2. The van der Waals surface area contributed by atoms with E-state index in [-0.39, 0.29) is 30.1 Å². The van der Waals surface area contributed by atoms with E-state index < -0.39 is 0 Å². The van der Waals surface area contributed by atoms with Crippen molar-refractivity contribution in [3.05, 3.63) is 66.0 Å². The van der Waals surface area contributed by atoms with Crippen molar-refractivity contribution in [3.8, 4) is 5.75 Å². The Morgan fingerprint density at radius 2 is 1.84 bits per heavy atom. The molecule has 2 aliphatic heterocycles. The van der Waals surface area contributed by atoms with Crippen molar-refractivity contribution in [2.24, 2.45) is 5.92 Å². The number of hydrogen-bond donors (Lipinski definition) is 0. The van der Waals surface area contributed by atoms with Crippen molar-refractivity contribution in [1.29, 1.82) is 0 Å². The van der Waals surface area contributed by atoms with Crippen molar-refractivity contribution in [2.45, 2.75) is 38.1 Å². The molecule has 0 N–H and O–H groups in total. The van der Waals surface area contributed by atoms with E-state index in [1.54, 1.807) is 12.1 Å². The predicted octanol–water partition coefficient (Wildman–Crippen LogP) is 3.68. The van der Waals surface area contributed by atoms with Gasteiger partial charge in [0.05, 0.1) is 19.4 Å². The molecule has 2 saturated heterocycles. The van der Waals surface area contributed by atoms with Gasteiger partial charge in [0.15, 0.2) is 0 Å². The average molecular weight is 425 g/mol. The Morgan fingerprint density at radius 3 is 2.65 bits per heavy atom. The van der Waals surface area contributed by atoms with Gasteiger partial charge in [-0.3, -0.25) is 9.59 Å². The van der Waals surface area contributed by atoms with Gasteiger partial charge in [-0.15, -0.1) is 0 Å². The molecule has 0 unspecified atom stereocenters. The monoisotopic (exact) mass is 424 g/mol. The number of para-hydroxylation sites is 1. The van der Waals surface area contributed by atoms with Gasteiger partial charge in [0.1, 0.15) is 11.6 Å². The lowest BCUT2D eigenvalue weighted by Crippen LogP contribution is -2.57. The molecule has 2 fully saturated rings. The van der Waals surface area contributed by atoms with Gasteiger partial charge < -0.3 is 14.5 Å². The summed E-state index contributed by atoms with van der Waals surface area (Å²) in [6.07, 6.45) is 3.34. The zero-order valence-corrected chi connectivity index (χ0v) is 17.7. The molecule has 2 aromatic rings. The van der Waals surface area contributed by atoms with Crippen LogP contribution in [0.15, 0.2) is 54.6 Å². The lowest BCUT2D eigenvalue weighted by Gasteiger charge is -2.47. The summed E-state index contributed by atoms with van der Waals surface area (Å²) < 4.78 is 19.1. The number of rotatable bonds is 6. The van der Waals surface area contributed by atoms with E-state index in [0.29, 0.717) is 37.6 Å². The highest BCUT2D eigenvalue weighted by Crippen LogP contribution is 2.31. The lowest BCUT2D eigenvalue weighted by atomic mass is 9.83. The Labute approximate surface area is 182 Å². The Hall–Kier alpha value is -2.89. The molecule has 164 valence electrons. The molecule has 31 heavy (non-hydrogen) atoms. The number of fused-ring (bicyclic) bond motifs is 1. The molecule has 0 saturated carbocycles. The molecule has 2 aliphatic rings. The summed E-state index contributed by atoms with van der Waals surface area (Å²) in [7, 11) is 0. The lowest BCUT2D eigenvalue weighted by molar-refractivity contribution is -0.141. The molecule has 0 aliphatic carbocycles. The molecule has 5 nitrogen and oxygen atoms in total. The van der Waals surface area contributed by atoms with E-state index in [1.807, 2.05) is 40.1 Å². The van der Waals surface area contributed by atoms with Crippen LogP contribution < -0.4 is 4.74 Å². The molecule has 2 atom stereocenters. The molecular formula is C25H29FN2O3. The zero-order chi connectivity index (χ0) is 21.6. The van der Waals surface area contributed by atoms with Gasteiger partial charge in [-0.25, -0.2) is 4.39 Å². The maximum atomic E-state index is 13.5. The number of carbonyl (C=O) groups excluding carboxylic acids is 2. The molecule has 0 radical (unpaired) electrons. The number of nitrogens with zero attached hydrogens (tertiary/aromatic N) is 2. The van der Waals surface area contributed by atoms with E-state index in [2.05, 4.69) is 0 Å². The fourth-order valence-corrected chi connectivity index (χ4v) is 4.79. The molecule has 6 heteroatoms. The summed E-state index contributed by atoms with van der Waals surface area (Å²) in [5.74, 6) is 0.922. The van der Waals surface area contributed by atoms with Crippen molar-refractivity contribution in [3.63, 3.8) is 0 Å². The van der Waals surface area contributed by atoms with E-state index >= 15 is 0 Å². The topological polar surface area (TPSA) is 49.9 Å². The summed E-state index contributed by atoms with van der Waals surface area (Å²) in [6.45, 7) is 2.47. The first-order valence-electron chi connectivity index (χ1n) is 11.1. The van der Waals surface area contributed by atoms with Crippen LogP contribution in [0.5, 0.6) is 5.75 Å². The summed E-state index contributed by atoms with van der Waals surface area (Å²) in [5.41, 5.74) is 0.707. The maximum absolute atomic E-state index is 13.5. The predicted molar refractivity (Wildman–Crippen MR) is 116 cm³/mol. The maximum Gasteiger partial charge on any atom is 0.227 e. The largest absolute Gasteiger partial charge is 0.493 e. The van der Waals surface area contributed by atoms with Crippen LogP contribution in [0.25, 0.3) is 0 Å². The number of hydrogen-bond acceptors (Lipinski definition) is 3. The van der Waals surface area contributed by atoms with Crippen LogP contribution in [0, 0.1) is 11.7 Å². The number of ether oxygens (including phenoxy) is 1. The van der Waals surface area contributed by atoms with Crippen molar-refractivity contribution in [1.82, 2.24) is 9.80 Å². The first-order chi connectivity index (χ1) is 15.1. The minimum Gasteiger partial charge on any atom is -0.493 e. The van der Waals surface area contributed by atoms with Gasteiger partial charge in [0.2, 0.25) is 11.8 Å². The highest BCUT2D eigenvalue weighted by molar-refractivity contribution is 5.79. The average Bonchev–Trinajstić information content (AvgIpc) is 2.79. The Morgan fingerprint density at radius 1 is 1.00 bits per heavy atom. The Kier molecular flexibility index (Phi) is 6.85. The number of carbonyl (C=O) groups is 2. The summed E-state index contributed by atoms with van der Waals surface area (Å²) >= 11 is 0. The molecule has 2 heterocycles. The summed E-state index contributed by atoms with van der Waals surface area (Å²) in [4.78, 5) is 29.5. The van der Waals surface area contributed by atoms with Gasteiger partial charge in [-0.1, -0.05) is 30.3 Å². The van der Waals surface area contributed by atoms with Gasteiger partial charge in [-0.05, 0) is 55.0 Å². The highest BCUT2D eigenvalue weighted by Gasteiger charge is 2.38. The second-order valence-electron chi connectivity index (χ2n) is 8.40. The number of amides is 2. The van der Waals surface area contributed by atoms with Crippen LogP contribution in [-0.4, -0.2) is 53.9 Å². The molecule has 4 rings (SSSR count). The van der Waals surface area contributed by atoms with Crippen LogP contribution in [0.3, 0.4) is 0 Å². The normalized spacial score (nSPS) is 20.8. The van der Waals surface area contributed by atoms with Crippen molar-refractivity contribution < 1.29 is 18.7 Å². The SMILES string of the molecule is O=C(CCOc1ccccc1)N1CC[C@H]2[C@H](CCCN2C(=O)Cc2cccc(F)c2)C1. The molecule has 2 amide bonds. The van der Waals surface area contributed by atoms with Crippen LogP contribution in [0.2, 0.25) is 0 Å². The van der Waals surface area contributed by atoms with Crippen LogP contribution in [-0.2, 0) is 16.0 Å². The third-order valence-electron chi connectivity index (χ3n) is 6.31. The first kappa shape index (κ1) is 21.3.